The van der Waals surface area contributed by atoms with Crippen molar-refractivity contribution in [2.75, 3.05) is 13.2 Å². The maximum Gasteiger partial charge on any atom is 0.244 e. The van der Waals surface area contributed by atoms with Crippen LogP contribution >= 0.6 is 0 Å². The Morgan fingerprint density at radius 3 is 3.06 bits per heavy atom. The topological polar surface area (TPSA) is 49.3 Å². The van der Waals surface area contributed by atoms with Crippen LogP contribution in [-0.2, 0) is 11.2 Å². The van der Waals surface area contributed by atoms with Gasteiger partial charge in [-0.2, -0.15) is 0 Å². The minimum Gasteiger partial charge on any atom is -0.395 e. The number of nitrogens with one attached hydrogen (secondary N) is 1. The number of aliphatic hydroxyl groups is 1. The molecular formula is C13H14FNO2. The van der Waals surface area contributed by atoms with Gasteiger partial charge in [-0.1, -0.05) is 6.07 Å². The predicted molar refractivity (Wildman–Crippen MR) is 62.8 cm³/mol. The molecule has 0 atom stereocenters. The molecule has 17 heavy (non-hydrogen) atoms. The summed E-state index contributed by atoms with van der Waals surface area (Å²) in [5.41, 5.74) is 2.76. The van der Waals surface area contributed by atoms with Crippen LogP contribution in [-0.4, -0.2) is 24.2 Å². The van der Waals surface area contributed by atoms with Crippen LogP contribution in [0.25, 0.3) is 5.57 Å². The number of hydrogen-bond acceptors (Lipinski definition) is 2. The Morgan fingerprint density at radius 1 is 1.47 bits per heavy atom. The quantitative estimate of drug-likeness (QED) is 0.775. The monoisotopic (exact) mass is 235 g/mol. The lowest BCUT2D eigenvalue weighted by Crippen LogP contribution is -2.24. The zero-order valence-corrected chi connectivity index (χ0v) is 9.37. The smallest absolute Gasteiger partial charge is 0.244 e. The molecule has 4 heteroatoms. The van der Waals surface area contributed by atoms with Crippen molar-refractivity contribution in [1.82, 2.24) is 5.32 Å². The molecule has 0 saturated carbocycles. The summed E-state index contributed by atoms with van der Waals surface area (Å²) in [6.45, 7) is 0.152. The maximum absolute atomic E-state index is 13.1. The summed E-state index contributed by atoms with van der Waals surface area (Å²) in [5, 5.41) is 11.1. The summed E-state index contributed by atoms with van der Waals surface area (Å²) in [4.78, 5) is 11.5. The van der Waals surface area contributed by atoms with Crippen molar-refractivity contribution in [3.8, 4) is 0 Å². The Balaban J connectivity index is 2.18. The summed E-state index contributed by atoms with van der Waals surface area (Å²) < 4.78 is 13.1. The van der Waals surface area contributed by atoms with E-state index in [2.05, 4.69) is 5.32 Å². The average molecular weight is 235 g/mol. The van der Waals surface area contributed by atoms with Gasteiger partial charge in [-0.15, -0.1) is 0 Å². The number of carbonyl (C=O) groups is 1. The van der Waals surface area contributed by atoms with Gasteiger partial charge in [0.25, 0.3) is 0 Å². The van der Waals surface area contributed by atoms with Gasteiger partial charge in [0.2, 0.25) is 5.91 Å². The Morgan fingerprint density at radius 2 is 2.29 bits per heavy atom. The molecule has 2 N–H and O–H groups in total. The molecule has 0 unspecified atom stereocenters. The molecule has 0 aromatic heterocycles. The van der Waals surface area contributed by atoms with E-state index in [1.807, 2.05) is 0 Å². The van der Waals surface area contributed by atoms with Gasteiger partial charge in [-0.25, -0.2) is 4.39 Å². The zero-order valence-electron chi connectivity index (χ0n) is 9.37. The third kappa shape index (κ3) is 2.71. The van der Waals surface area contributed by atoms with Crippen LogP contribution < -0.4 is 5.32 Å². The minimum atomic E-state index is -0.285. The largest absolute Gasteiger partial charge is 0.395 e. The molecule has 0 saturated heterocycles. The Hall–Kier alpha value is -1.68. The molecule has 3 nitrogen and oxygen atoms in total. The lowest BCUT2D eigenvalue weighted by molar-refractivity contribution is -0.116. The van der Waals surface area contributed by atoms with E-state index in [4.69, 9.17) is 5.11 Å². The second kappa shape index (κ2) is 5.10. The highest BCUT2D eigenvalue weighted by molar-refractivity contribution is 5.96. The lowest BCUT2D eigenvalue weighted by atomic mass is 10.1. The molecular weight excluding hydrogens is 221 g/mol. The van der Waals surface area contributed by atoms with Crippen LogP contribution in [0, 0.1) is 5.82 Å². The normalized spacial score (nSPS) is 16.0. The maximum atomic E-state index is 13.1. The summed E-state index contributed by atoms with van der Waals surface area (Å²) in [6, 6.07) is 4.66. The van der Waals surface area contributed by atoms with Gasteiger partial charge < -0.3 is 10.4 Å². The number of carbonyl (C=O) groups excluding carboxylic acids is 1. The summed E-state index contributed by atoms with van der Waals surface area (Å²) in [5.74, 6) is -0.529. The summed E-state index contributed by atoms with van der Waals surface area (Å²) in [6.07, 6.45) is 3.08. The second-order valence-electron chi connectivity index (χ2n) is 3.99. The molecule has 2 rings (SSSR count). The van der Waals surface area contributed by atoms with E-state index in [1.54, 1.807) is 6.07 Å². The molecule has 1 aliphatic carbocycles. The molecule has 0 spiro atoms. The van der Waals surface area contributed by atoms with Crippen LogP contribution in [0.2, 0.25) is 0 Å². The van der Waals surface area contributed by atoms with Crippen molar-refractivity contribution in [2.45, 2.75) is 12.8 Å². The van der Waals surface area contributed by atoms with Gasteiger partial charge in [-0.05, 0) is 41.7 Å². The van der Waals surface area contributed by atoms with Gasteiger partial charge in [0.05, 0.1) is 6.61 Å². The summed E-state index contributed by atoms with van der Waals surface area (Å²) in [7, 11) is 0. The zero-order chi connectivity index (χ0) is 12.3. The van der Waals surface area contributed by atoms with Crippen molar-refractivity contribution >= 4 is 11.5 Å². The van der Waals surface area contributed by atoms with E-state index in [-0.39, 0.29) is 24.9 Å². The van der Waals surface area contributed by atoms with Crippen molar-refractivity contribution in [1.29, 1.82) is 0 Å². The molecule has 0 bridgehead atoms. The van der Waals surface area contributed by atoms with E-state index in [9.17, 15) is 9.18 Å². The van der Waals surface area contributed by atoms with Gasteiger partial charge in [0.15, 0.2) is 0 Å². The number of rotatable bonds is 3. The third-order valence-electron chi connectivity index (χ3n) is 2.80. The van der Waals surface area contributed by atoms with Crippen LogP contribution in [0.5, 0.6) is 0 Å². The molecule has 90 valence electrons. The van der Waals surface area contributed by atoms with Gasteiger partial charge in [0.1, 0.15) is 5.82 Å². The first-order chi connectivity index (χ1) is 8.20. The fourth-order valence-corrected chi connectivity index (χ4v) is 2.01. The third-order valence-corrected chi connectivity index (χ3v) is 2.80. The number of halogens is 1. The second-order valence-corrected chi connectivity index (χ2v) is 3.99. The van der Waals surface area contributed by atoms with E-state index in [1.165, 1.54) is 18.2 Å². The fourth-order valence-electron chi connectivity index (χ4n) is 2.01. The van der Waals surface area contributed by atoms with Gasteiger partial charge in [-0.3, -0.25) is 4.79 Å². The van der Waals surface area contributed by atoms with Crippen LogP contribution in [0.4, 0.5) is 4.39 Å². The van der Waals surface area contributed by atoms with Crippen molar-refractivity contribution < 1.29 is 14.3 Å². The van der Waals surface area contributed by atoms with Gasteiger partial charge in [0, 0.05) is 12.6 Å². The Labute approximate surface area is 99.0 Å². The van der Waals surface area contributed by atoms with E-state index in [0.29, 0.717) is 0 Å². The van der Waals surface area contributed by atoms with Crippen molar-refractivity contribution in [2.24, 2.45) is 0 Å². The highest BCUT2D eigenvalue weighted by Crippen LogP contribution is 2.32. The SMILES string of the molecule is O=C(/C=C1\CCc2ccc(F)cc21)NCCO. The number of amides is 1. The van der Waals surface area contributed by atoms with Crippen molar-refractivity contribution in [3.63, 3.8) is 0 Å². The molecule has 0 radical (unpaired) electrons. The molecule has 0 fully saturated rings. The number of fused-ring (bicyclic) bond motifs is 1. The molecule has 1 aliphatic rings. The van der Waals surface area contributed by atoms with E-state index < -0.39 is 0 Å². The van der Waals surface area contributed by atoms with Crippen LogP contribution in [0.3, 0.4) is 0 Å². The number of aryl methyl sites for hydroxylation is 1. The molecule has 0 heterocycles. The minimum absolute atomic E-state index is 0.0832. The Kier molecular flexibility index (Phi) is 3.54. The molecule has 1 amide bonds. The lowest BCUT2D eigenvalue weighted by Gasteiger charge is -2.02. The highest BCUT2D eigenvalue weighted by Gasteiger charge is 2.17. The molecule has 1 aromatic carbocycles. The molecule has 0 aliphatic heterocycles. The van der Waals surface area contributed by atoms with Crippen LogP contribution in [0.1, 0.15) is 17.5 Å². The number of allylic oxidation sites excluding steroid dienone is 1. The van der Waals surface area contributed by atoms with Gasteiger partial charge >= 0.3 is 0 Å². The van der Waals surface area contributed by atoms with E-state index >= 15 is 0 Å². The fraction of sp³-hybridized carbons (Fsp3) is 0.308. The Bertz CT molecular complexity index is 468. The molecule has 1 aromatic rings. The standard InChI is InChI=1S/C13H14FNO2/c14-11-4-3-9-1-2-10(12(9)8-11)7-13(17)15-5-6-16/h3-4,7-8,16H,1-2,5-6H2,(H,15,17)/b10-7+. The van der Waals surface area contributed by atoms with Crippen LogP contribution in [0.15, 0.2) is 24.3 Å². The first-order valence-electron chi connectivity index (χ1n) is 5.59. The number of hydrogen-bond donors (Lipinski definition) is 2. The van der Waals surface area contributed by atoms with Crippen molar-refractivity contribution in [3.05, 3.63) is 41.2 Å². The summed E-state index contributed by atoms with van der Waals surface area (Å²) >= 11 is 0. The average Bonchev–Trinajstić information content (AvgIpc) is 2.69. The number of benzene rings is 1. The predicted octanol–water partition coefficient (Wildman–Crippen LogP) is 1.26. The first-order valence-corrected chi connectivity index (χ1v) is 5.59. The highest BCUT2D eigenvalue weighted by atomic mass is 19.1. The van der Waals surface area contributed by atoms with E-state index in [0.717, 1.165) is 29.5 Å². The first kappa shape index (κ1) is 11.8. The number of aliphatic hydroxyl groups excluding tert-OH is 1.